The average molecular weight is 1140 g/mol. The highest BCUT2D eigenvalue weighted by Gasteiger charge is 2.30. The summed E-state index contributed by atoms with van der Waals surface area (Å²) < 4.78 is 67.6. The van der Waals surface area contributed by atoms with Crippen molar-refractivity contribution < 1.29 is 80.2 Å². The zero-order valence-electron chi connectivity index (χ0n) is 49.2. The molecule has 19 heteroatoms. The first-order valence-electron chi connectivity index (χ1n) is 30.5. The predicted octanol–water partition coefficient (Wildman–Crippen LogP) is 15.3. The maximum absolute atomic E-state index is 12.9. The molecule has 0 spiro atoms. The molecule has 0 bridgehead atoms. The minimum atomic E-state index is -4.94. The van der Waals surface area contributed by atoms with Crippen molar-refractivity contribution >= 4 is 39.5 Å². The summed E-state index contributed by atoms with van der Waals surface area (Å²) >= 11 is 0. The van der Waals surface area contributed by atoms with E-state index in [0.717, 1.165) is 115 Å². The number of ether oxygens (including phenoxy) is 4. The Morgan fingerprint density at radius 1 is 0.351 bits per heavy atom. The molecule has 0 aromatic carbocycles. The number of phosphoric acid groups is 2. The summed E-state index contributed by atoms with van der Waals surface area (Å²) in [5, 5.41) is 10.5. The summed E-state index contributed by atoms with van der Waals surface area (Å²) in [7, 11) is -9.87. The smallest absolute Gasteiger partial charge is 0.462 e. The van der Waals surface area contributed by atoms with Crippen molar-refractivity contribution in [2.45, 2.75) is 297 Å². The van der Waals surface area contributed by atoms with Gasteiger partial charge in [-0.25, -0.2) is 9.13 Å². The van der Waals surface area contributed by atoms with Crippen molar-refractivity contribution in [2.75, 3.05) is 39.6 Å². The molecule has 0 aliphatic rings. The Morgan fingerprint density at radius 3 is 0.883 bits per heavy atom. The molecule has 0 aromatic rings. The molecule has 0 radical (unpaired) electrons. The van der Waals surface area contributed by atoms with E-state index >= 15 is 0 Å². The van der Waals surface area contributed by atoms with Crippen LogP contribution in [0, 0.1) is 11.8 Å². The number of esters is 4. The zero-order chi connectivity index (χ0) is 57.3. The molecule has 0 saturated heterocycles. The monoisotopic (exact) mass is 1140 g/mol. The molecule has 17 nitrogen and oxygen atoms in total. The Labute approximate surface area is 467 Å². The van der Waals surface area contributed by atoms with Crippen LogP contribution in [0.25, 0.3) is 0 Å². The highest BCUT2D eigenvalue weighted by atomic mass is 31.2. The molecule has 0 aromatic heterocycles. The fourth-order valence-corrected chi connectivity index (χ4v) is 10.0. The Kier molecular flexibility index (Phi) is 49.7. The van der Waals surface area contributed by atoms with E-state index in [9.17, 15) is 43.2 Å². The molecule has 77 heavy (non-hydrogen) atoms. The van der Waals surface area contributed by atoms with E-state index < -0.39 is 97.5 Å². The molecule has 0 amide bonds. The van der Waals surface area contributed by atoms with Gasteiger partial charge in [-0.15, -0.1) is 0 Å². The largest absolute Gasteiger partial charge is 0.472 e. The van der Waals surface area contributed by atoms with Gasteiger partial charge in [-0.3, -0.25) is 37.3 Å². The van der Waals surface area contributed by atoms with Gasteiger partial charge in [-0.1, -0.05) is 228 Å². The zero-order valence-corrected chi connectivity index (χ0v) is 51.0. The topological polar surface area (TPSA) is 237 Å². The van der Waals surface area contributed by atoms with Crippen LogP contribution in [0.1, 0.15) is 279 Å². The van der Waals surface area contributed by atoms with Crippen molar-refractivity contribution in [3.63, 3.8) is 0 Å². The van der Waals surface area contributed by atoms with Crippen molar-refractivity contribution in [1.29, 1.82) is 0 Å². The third-order valence-corrected chi connectivity index (χ3v) is 15.1. The van der Waals surface area contributed by atoms with Crippen LogP contribution in [0.3, 0.4) is 0 Å². The first kappa shape index (κ1) is 75.1. The lowest BCUT2D eigenvalue weighted by Gasteiger charge is -2.21. The molecule has 0 heterocycles. The maximum atomic E-state index is 12.9. The number of rotatable bonds is 57. The van der Waals surface area contributed by atoms with Crippen LogP contribution in [0.5, 0.6) is 0 Å². The average Bonchev–Trinajstić information content (AvgIpc) is 3.38. The predicted molar refractivity (Wildman–Crippen MR) is 303 cm³/mol. The van der Waals surface area contributed by atoms with Crippen molar-refractivity contribution in [3.05, 3.63) is 0 Å². The van der Waals surface area contributed by atoms with Crippen LogP contribution in [0.2, 0.25) is 0 Å². The third-order valence-electron chi connectivity index (χ3n) is 13.2. The van der Waals surface area contributed by atoms with Crippen LogP contribution in [-0.2, 0) is 65.4 Å². The number of carbonyl (C=O) groups excluding carboxylic acids is 4. The van der Waals surface area contributed by atoms with E-state index in [1.165, 1.54) is 77.0 Å². The van der Waals surface area contributed by atoms with Gasteiger partial charge in [0.05, 0.1) is 26.4 Å². The lowest BCUT2D eigenvalue weighted by atomic mass is 10.0. The number of hydrogen-bond acceptors (Lipinski definition) is 15. The van der Waals surface area contributed by atoms with Crippen LogP contribution < -0.4 is 0 Å². The number of hydrogen-bond donors (Lipinski definition) is 3. The second-order valence-corrected chi connectivity index (χ2v) is 24.9. The molecule has 0 aliphatic carbocycles. The lowest BCUT2D eigenvalue weighted by molar-refractivity contribution is -0.161. The summed E-state index contributed by atoms with van der Waals surface area (Å²) in [6.45, 7) is 9.28. The van der Waals surface area contributed by atoms with Crippen molar-refractivity contribution in [2.24, 2.45) is 11.8 Å². The van der Waals surface area contributed by atoms with Crippen LogP contribution in [0.15, 0.2) is 0 Å². The van der Waals surface area contributed by atoms with Crippen molar-refractivity contribution in [3.8, 4) is 0 Å². The summed E-state index contributed by atoms with van der Waals surface area (Å²) in [4.78, 5) is 71.7. The molecule has 456 valence electrons. The minimum Gasteiger partial charge on any atom is -0.462 e. The van der Waals surface area contributed by atoms with Crippen LogP contribution >= 0.6 is 15.6 Å². The molecule has 2 unspecified atom stereocenters. The van der Waals surface area contributed by atoms with Crippen LogP contribution in [0.4, 0.5) is 0 Å². The summed E-state index contributed by atoms with van der Waals surface area (Å²) in [5.41, 5.74) is 0. The molecule has 0 saturated carbocycles. The van der Waals surface area contributed by atoms with Gasteiger partial charge in [0.15, 0.2) is 12.2 Å². The first-order chi connectivity index (χ1) is 36.9. The highest BCUT2D eigenvalue weighted by Crippen LogP contribution is 2.45. The molecule has 0 rings (SSSR count). The quantitative estimate of drug-likeness (QED) is 0.0222. The number of carbonyl (C=O) groups is 4. The third kappa shape index (κ3) is 53.2. The fourth-order valence-electron chi connectivity index (χ4n) is 8.47. The van der Waals surface area contributed by atoms with Gasteiger partial charge in [0.2, 0.25) is 0 Å². The van der Waals surface area contributed by atoms with E-state index in [1.807, 2.05) is 0 Å². The number of aliphatic hydroxyl groups is 1. The number of unbranched alkanes of at least 4 members (excludes halogenated alkanes) is 27. The van der Waals surface area contributed by atoms with Crippen molar-refractivity contribution in [1.82, 2.24) is 0 Å². The van der Waals surface area contributed by atoms with Gasteiger partial charge in [0, 0.05) is 25.7 Å². The normalized spacial score (nSPS) is 14.5. The molecule has 5 atom stereocenters. The van der Waals surface area contributed by atoms with Gasteiger partial charge in [-0.05, 0) is 37.5 Å². The first-order valence-corrected chi connectivity index (χ1v) is 33.5. The van der Waals surface area contributed by atoms with Gasteiger partial charge < -0.3 is 33.8 Å². The maximum Gasteiger partial charge on any atom is 0.472 e. The number of phosphoric ester groups is 2. The van der Waals surface area contributed by atoms with E-state index in [1.54, 1.807) is 0 Å². The second-order valence-electron chi connectivity index (χ2n) is 22.0. The Morgan fingerprint density at radius 2 is 0.597 bits per heavy atom. The van der Waals surface area contributed by atoms with Gasteiger partial charge in [0.25, 0.3) is 0 Å². The molecule has 0 fully saturated rings. The molecule has 3 N–H and O–H groups in total. The molecule has 0 aliphatic heterocycles. The highest BCUT2D eigenvalue weighted by molar-refractivity contribution is 7.47. The Bertz CT molecular complexity index is 1530. The summed E-state index contributed by atoms with van der Waals surface area (Å²) in [6, 6.07) is 0. The molecular formula is C58H112O17P2. The minimum absolute atomic E-state index is 0.104. The summed E-state index contributed by atoms with van der Waals surface area (Å²) in [6.07, 6.45) is 31.0. The van der Waals surface area contributed by atoms with Gasteiger partial charge in [-0.2, -0.15) is 0 Å². The van der Waals surface area contributed by atoms with Gasteiger partial charge >= 0.3 is 39.5 Å². The van der Waals surface area contributed by atoms with E-state index in [-0.39, 0.29) is 25.7 Å². The van der Waals surface area contributed by atoms with E-state index in [4.69, 9.17) is 37.0 Å². The lowest BCUT2D eigenvalue weighted by Crippen LogP contribution is -2.30. The van der Waals surface area contributed by atoms with E-state index in [2.05, 4.69) is 41.5 Å². The Hall–Kier alpha value is -1.94. The molecular weight excluding hydrogens is 1030 g/mol. The van der Waals surface area contributed by atoms with E-state index in [0.29, 0.717) is 31.6 Å². The second kappa shape index (κ2) is 51.0. The fraction of sp³-hybridized carbons (Fsp3) is 0.931. The van der Waals surface area contributed by atoms with Crippen LogP contribution in [-0.4, -0.2) is 96.7 Å². The number of aliphatic hydroxyl groups excluding tert-OH is 1. The summed E-state index contributed by atoms with van der Waals surface area (Å²) in [5.74, 6) is -0.734. The van der Waals surface area contributed by atoms with Gasteiger partial charge in [0.1, 0.15) is 19.3 Å². The Balaban J connectivity index is 5.21. The standard InChI is InChI=1S/C58H112O17P2/c1-7-9-11-13-15-17-22-30-36-42-57(62)74-53(46-68-55(60)40-34-28-20-14-12-10-8-2)48-72-76(64,65)70-44-52(59)45-71-77(66,67)73-49-54(47-69-56(61)41-35-29-25-24-27-33-39-51(5)6)75-58(63)43-37-31-23-19-16-18-21-26-32-38-50(3)4/h50-54,59H,7-49H2,1-6H3,(H,64,65)(H,66,67)/t52-,53+,54+/m0/s1. The SMILES string of the molecule is CCCCCCCCCCCC(=O)O[C@H](COC(=O)CCCCCCCCC)COP(=O)(O)OC[C@H](O)COP(=O)(O)OC[C@@H](COC(=O)CCCCCCCCC(C)C)OC(=O)CCCCCCCCCCCC(C)C.